The van der Waals surface area contributed by atoms with Crippen molar-refractivity contribution in [3.8, 4) is 0 Å². The number of hydrogen-bond acceptors (Lipinski definition) is 3. The fourth-order valence-corrected chi connectivity index (χ4v) is 5.38. The van der Waals surface area contributed by atoms with Crippen LogP contribution >= 0.6 is 23.2 Å². The highest BCUT2D eigenvalue weighted by Gasteiger charge is 2.21. The summed E-state index contributed by atoms with van der Waals surface area (Å²) in [4.78, 5) is 2.84. The number of nitrogens with one attached hydrogen (secondary N) is 1. The van der Waals surface area contributed by atoms with Gasteiger partial charge in [-0.1, -0.05) is 54.7 Å². The van der Waals surface area contributed by atoms with Crippen LogP contribution in [0.4, 0.5) is 5.82 Å². The maximum atomic E-state index is 13.0. The number of nitrogens with zero attached hydrogens (tertiary/aromatic N) is 3. The normalized spacial score (nSPS) is 13.5. The minimum atomic E-state index is -1.35. The summed E-state index contributed by atoms with van der Waals surface area (Å²) in [5.41, 5.74) is 1.80. The van der Waals surface area contributed by atoms with E-state index in [0.717, 1.165) is 48.2 Å². The molecular weight excluding hydrogens is 451 g/mol. The number of rotatable bonds is 10. The monoisotopic (exact) mass is 480 g/mol. The molecule has 0 aliphatic carbocycles. The quantitative estimate of drug-likeness (QED) is 0.384. The molecular formula is C23H30Cl2N4OS. The first-order valence-electron chi connectivity index (χ1n) is 10.8. The third kappa shape index (κ3) is 5.43. The summed E-state index contributed by atoms with van der Waals surface area (Å²) in [6.07, 6.45) is 1.99. The highest BCUT2D eigenvalue weighted by molar-refractivity contribution is 7.83. The molecule has 0 radical (unpaired) electrons. The van der Waals surface area contributed by atoms with Crippen LogP contribution in [0.2, 0.25) is 10.0 Å². The van der Waals surface area contributed by atoms with Gasteiger partial charge >= 0.3 is 0 Å². The zero-order valence-corrected chi connectivity index (χ0v) is 20.8. The lowest BCUT2D eigenvalue weighted by atomic mass is 10.2. The number of hydrogen-bond donors (Lipinski definition) is 1. The molecule has 168 valence electrons. The Morgan fingerprint density at radius 2 is 1.84 bits per heavy atom. The Balaban J connectivity index is 2.10. The van der Waals surface area contributed by atoms with E-state index >= 15 is 0 Å². The van der Waals surface area contributed by atoms with E-state index in [1.54, 1.807) is 6.07 Å². The van der Waals surface area contributed by atoms with Crippen molar-refractivity contribution < 1.29 is 4.21 Å². The zero-order chi connectivity index (χ0) is 22.5. The molecule has 1 N–H and O–H groups in total. The highest BCUT2D eigenvalue weighted by atomic mass is 35.5. The number of aromatic nitrogens is 2. The molecule has 3 aromatic rings. The van der Waals surface area contributed by atoms with Crippen LogP contribution in [0.15, 0.2) is 41.3 Å². The summed E-state index contributed by atoms with van der Waals surface area (Å²) in [6.45, 7) is 10.5. The maximum Gasteiger partial charge on any atom is 0.158 e. The van der Waals surface area contributed by atoms with Crippen LogP contribution in [-0.4, -0.2) is 33.1 Å². The second-order valence-corrected chi connectivity index (χ2v) is 9.68. The fourth-order valence-electron chi connectivity index (χ4n) is 3.73. The number of halogens is 2. The Hall–Kier alpha value is -1.60. The Kier molecular flexibility index (Phi) is 8.39. The van der Waals surface area contributed by atoms with Gasteiger partial charge in [0.2, 0.25) is 0 Å². The first-order valence-corrected chi connectivity index (χ1v) is 12.7. The van der Waals surface area contributed by atoms with Crippen molar-refractivity contribution in [1.29, 1.82) is 0 Å². The lowest BCUT2D eigenvalue weighted by molar-refractivity contribution is 0.593. The van der Waals surface area contributed by atoms with E-state index in [0.29, 0.717) is 21.5 Å². The second kappa shape index (κ2) is 10.8. The molecule has 2 atom stereocenters. The summed E-state index contributed by atoms with van der Waals surface area (Å²) in [7, 11) is -1.35. The van der Waals surface area contributed by atoms with E-state index in [1.807, 2.05) is 41.9 Å². The largest absolute Gasteiger partial charge is 0.355 e. The average molecular weight is 481 g/mol. The predicted molar refractivity (Wildman–Crippen MR) is 133 cm³/mol. The molecule has 31 heavy (non-hydrogen) atoms. The van der Waals surface area contributed by atoms with Gasteiger partial charge in [0.25, 0.3) is 0 Å². The van der Waals surface area contributed by atoms with E-state index in [-0.39, 0.29) is 6.04 Å². The maximum absolute atomic E-state index is 13.0. The summed E-state index contributed by atoms with van der Waals surface area (Å²) < 4.78 is 18.0. The van der Waals surface area contributed by atoms with Crippen LogP contribution in [0, 0.1) is 0 Å². The van der Waals surface area contributed by atoms with Crippen molar-refractivity contribution in [1.82, 2.24) is 14.5 Å². The van der Waals surface area contributed by atoms with E-state index in [4.69, 9.17) is 28.3 Å². The van der Waals surface area contributed by atoms with Crippen LogP contribution in [0.5, 0.6) is 0 Å². The van der Waals surface area contributed by atoms with E-state index in [1.165, 1.54) is 0 Å². The molecule has 0 spiro atoms. The molecule has 5 nitrogen and oxygen atoms in total. The number of anilines is 1. The van der Waals surface area contributed by atoms with Crippen LogP contribution in [-0.2, 0) is 17.5 Å². The second-order valence-electron chi connectivity index (χ2n) is 7.62. The summed E-state index contributed by atoms with van der Waals surface area (Å²) >= 11 is 13.1. The molecule has 0 bridgehead atoms. The van der Waals surface area contributed by atoms with E-state index in [2.05, 4.69) is 30.4 Å². The SMILES string of the molecule is CCCC(C)NS(=O)c1cc(Cl)c2c(c1)c(N(CC)CC)nn2Cc1ccccc1Cl. The van der Waals surface area contributed by atoms with Gasteiger partial charge in [0.1, 0.15) is 11.0 Å². The molecule has 3 rings (SSSR count). The standard InChI is InChI=1S/C23H30Cl2N4OS/c1-5-10-16(4)27-31(30)18-13-19-22(21(25)14-18)29(26-23(19)28(6-2)7-3)15-17-11-8-9-12-20(17)24/h8-9,11-14,16,27H,5-7,10,15H2,1-4H3. The lowest BCUT2D eigenvalue weighted by Crippen LogP contribution is -2.27. The lowest BCUT2D eigenvalue weighted by Gasteiger charge is -2.18. The zero-order valence-electron chi connectivity index (χ0n) is 18.5. The van der Waals surface area contributed by atoms with Gasteiger partial charge in [0.15, 0.2) is 5.82 Å². The topological polar surface area (TPSA) is 50.2 Å². The van der Waals surface area contributed by atoms with E-state index < -0.39 is 11.0 Å². The van der Waals surface area contributed by atoms with Gasteiger partial charge in [-0.15, -0.1) is 0 Å². The van der Waals surface area contributed by atoms with Crippen LogP contribution in [0.25, 0.3) is 10.9 Å². The van der Waals surface area contributed by atoms with Gasteiger partial charge in [-0.25, -0.2) is 8.93 Å². The van der Waals surface area contributed by atoms with Crippen molar-refractivity contribution in [2.45, 2.75) is 58.0 Å². The Morgan fingerprint density at radius 3 is 2.48 bits per heavy atom. The van der Waals surface area contributed by atoms with Crippen LogP contribution < -0.4 is 9.62 Å². The third-order valence-corrected chi connectivity index (χ3v) is 7.27. The van der Waals surface area contributed by atoms with Gasteiger partial charge in [0, 0.05) is 29.5 Å². The summed E-state index contributed by atoms with van der Waals surface area (Å²) in [5.74, 6) is 0.842. The number of benzene rings is 2. The van der Waals surface area contributed by atoms with Crippen molar-refractivity contribution in [3.05, 3.63) is 52.0 Å². The first kappa shape index (κ1) is 24.1. The molecule has 1 heterocycles. The Labute approximate surface area is 197 Å². The highest BCUT2D eigenvalue weighted by Crippen LogP contribution is 2.34. The molecule has 0 aliphatic rings. The fraction of sp³-hybridized carbons (Fsp3) is 0.435. The van der Waals surface area contributed by atoms with Gasteiger partial charge in [0.05, 0.1) is 22.0 Å². The van der Waals surface area contributed by atoms with Crippen LogP contribution in [0.3, 0.4) is 0 Å². The summed E-state index contributed by atoms with van der Waals surface area (Å²) in [5, 5.41) is 7.02. The first-order chi connectivity index (χ1) is 14.9. The van der Waals surface area contributed by atoms with Gasteiger partial charge in [-0.3, -0.25) is 4.68 Å². The van der Waals surface area contributed by atoms with E-state index in [9.17, 15) is 4.21 Å². The molecule has 0 amide bonds. The van der Waals surface area contributed by atoms with Crippen molar-refractivity contribution in [3.63, 3.8) is 0 Å². The van der Waals surface area contributed by atoms with Crippen molar-refractivity contribution in [2.24, 2.45) is 0 Å². The van der Waals surface area contributed by atoms with Gasteiger partial charge < -0.3 is 4.90 Å². The molecule has 0 fully saturated rings. The summed E-state index contributed by atoms with van der Waals surface area (Å²) in [6, 6.07) is 11.6. The van der Waals surface area contributed by atoms with Crippen molar-refractivity contribution >= 4 is 50.9 Å². The molecule has 2 aromatic carbocycles. The smallest absolute Gasteiger partial charge is 0.158 e. The molecule has 0 aliphatic heterocycles. The predicted octanol–water partition coefficient (Wildman–Crippen LogP) is 6.04. The van der Waals surface area contributed by atoms with Crippen molar-refractivity contribution in [2.75, 3.05) is 18.0 Å². The molecule has 1 aromatic heterocycles. The molecule has 8 heteroatoms. The van der Waals surface area contributed by atoms with Crippen LogP contribution in [0.1, 0.15) is 46.1 Å². The average Bonchev–Trinajstić information content (AvgIpc) is 3.09. The Bertz CT molecular complexity index is 1070. The third-order valence-electron chi connectivity index (χ3n) is 5.34. The molecule has 2 unspecified atom stereocenters. The van der Waals surface area contributed by atoms with Gasteiger partial charge in [-0.05, 0) is 51.0 Å². The Morgan fingerprint density at radius 1 is 1.13 bits per heavy atom. The van der Waals surface area contributed by atoms with Gasteiger partial charge in [-0.2, -0.15) is 5.10 Å². The minimum Gasteiger partial charge on any atom is -0.355 e. The minimum absolute atomic E-state index is 0.158. The molecule has 0 saturated heterocycles. The molecule has 0 saturated carbocycles. The number of fused-ring (bicyclic) bond motifs is 1.